The minimum Gasteiger partial charge on any atom is -0.494 e. The second kappa shape index (κ2) is 7.13. The second-order valence-electron chi connectivity index (χ2n) is 5.62. The Kier molecular flexibility index (Phi) is 4.76. The maximum atomic E-state index is 12.3. The van der Waals surface area contributed by atoms with Gasteiger partial charge in [0.1, 0.15) is 5.75 Å². The molecule has 1 aliphatic rings. The molecule has 1 aromatic heterocycles. The number of aromatic nitrogens is 1. The van der Waals surface area contributed by atoms with Crippen LogP contribution in [0.2, 0.25) is 0 Å². The molecule has 5 heteroatoms. The largest absolute Gasteiger partial charge is 0.494 e. The van der Waals surface area contributed by atoms with Crippen molar-refractivity contribution in [1.29, 1.82) is 0 Å². The molecule has 0 fully saturated rings. The molecule has 1 aromatic carbocycles. The lowest BCUT2D eigenvalue weighted by molar-refractivity contribution is 0.212. The van der Waals surface area contributed by atoms with Crippen LogP contribution in [-0.4, -0.2) is 22.5 Å². The smallest absolute Gasteiger partial charge is 0.322 e. The van der Waals surface area contributed by atoms with Crippen LogP contribution >= 0.6 is 0 Å². The monoisotopic (exact) mass is 311 g/mol. The van der Waals surface area contributed by atoms with Crippen LogP contribution in [0.4, 0.5) is 10.5 Å². The van der Waals surface area contributed by atoms with Gasteiger partial charge in [0.2, 0.25) is 0 Å². The number of rotatable bonds is 5. The van der Waals surface area contributed by atoms with E-state index in [2.05, 4.69) is 17.2 Å². The van der Waals surface area contributed by atoms with Crippen LogP contribution in [0.1, 0.15) is 31.0 Å². The number of urea groups is 1. The summed E-state index contributed by atoms with van der Waals surface area (Å²) in [7, 11) is 0. The number of benzene rings is 1. The fourth-order valence-corrected chi connectivity index (χ4v) is 2.51. The molecule has 1 aliphatic heterocycles. The number of pyridine rings is 1. The zero-order chi connectivity index (χ0) is 16.1. The zero-order valence-corrected chi connectivity index (χ0v) is 13.3. The number of anilines is 1. The van der Waals surface area contributed by atoms with Crippen molar-refractivity contribution in [2.45, 2.75) is 32.9 Å². The molecule has 3 rings (SSSR count). The Morgan fingerprint density at radius 3 is 2.83 bits per heavy atom. The van der Waals surface area contributed by atoms with Gasteiger partial charge in [-0.2, -0.15) is 0 Å². The molecule has 120 valence electrons. The summed E-state index contributed by atoms with van der Waals surface area (Å²) in [6.45, 7) is 4.02. The molecular weight excluding hydrogens is 290 g/mol. The van der Waals surface area contributed by atoms with Gasteiger partial charge in [0.15, 0.2) is 0 Å². The average Bonchev–Trinajstić information content (AvgIpc) is 3.01. The minimum atomic E-state index is -0.109. The molecule has 2 aromatic rings. The van der Waals surface area contributed by atoms with Crippen LogP contribution in [0.25, 0.3) is 0 Å². The first-order chi connectivity index (χ1) is 11.3. The van der Waals surface area contributed by atoms with Crippen molar-refractivity contribution in [2.75, 3.05) is 11.9 Å². The molecule has 5 nitrogen and oxygen atoms in total. The molecule has 0 bridgehead atoms. The number of fused-ring (bicyclic) bond motifs is 1. The van der Waals surface area contributed by atoms with Crippen LogP contribution < -0.4 is 10.1 Å². The lowest BCUT2D eigenvalue weighted by Gasteiger charge is -2.16. The van der Waals surface area contributed by atoms with Crippen LogP contribution in [0.15, 0.2) is 42.6 Å². The zero-order valence-electron chi connectivity index (χ0n) is 13.3. The first-order valence-electron chi connectivity index (χ1n) is 7.98. The summed E-state index contributed by atoms with van der Waals surface area (Å²) >= 11 is 0. The molecule has 1 N–H and O–H groups in total. The summed E-state index contributed by atoms with van der Waals surface area (Å²) in [4.78, 5) is 18.4. The molecule has 0 atom stereocenters. The van der Waals surface area contributed by atoms with Gasteiger partial charge in [0, 0.05) is 18.4 Å². The SMILES string of the molecule is CCCCOc1ccc(NC(=O)N2Cc3cccnc3C2)cc1. The quantitative estimate of drug-likeness (QED) is 0.854. The Morgan fingerprint density at radius 1 is 1.26 bits per heavy atom. The summed E-state index contributed by atoms with van der Waals surface area (Å²) in [6, 6.07) is 11.3. The Labute approximate surface area is 136 Å². The number of nitrogens with one attached hydrogen (secondary N) is 1. The van der Waals surface area contributed by atoms with Gasteiger partial charge in [-0.05, 0) is 42.3 Å². The summed E-state index contributed by atoms with van der Waals surface area (Å²) in [5.41, 5.74) is 2.85. The lowest BCUT2D eigenvalue weighted by Crippen LogP contribution is -2.30. The summed E-state index contributed by atoms with van der Waals surface area (Å²) in [5.74, 6) is 0.828. The minimum absolute atomic E-state index is 0.109. The van der Waals surface area contributed by atoms with Crippen molar-refractivity contribution >= 4 is 11.7 Å². The fourth-order valence-electron chi connectivity index (χ4n) is 2.51. The highest BCUT2D eigenvalue weighted by molar-refractivity contribution is 5.89. The number of nitrogens with zero attached hydrogens (tertiary/aromatic N) is 2. The highest BCUT2D eigenvalue weighted by Gasteiger charge is 2.23. The van der Waals surface area contributed by atoms with Crippen molar-refractivity contribution in [2.24, 2.45) is 0 Å². The van der Waals surface area contributed by atoms with Crippen molar-refractivity contribution in [3.8, 4) is 5.75 Å². The van der Waals surface area contributed by atoms with Gasteiger partial charge in [0.05, 0.1) is 18.8 Å². The fraction of sp³-hybridized carbons (Fsp3) is 0.333. The highest BCUT2D eigenvalue weighted by atomic mass is 16.5. The molecule has 0 radical (unpaired) electrons. The predicted molar refractivity (Wildman–Crippen MR) is 89.3 cm³/mol. The average molecular weight is 311 g/mol. The van der Waals surface area contributed by atoms with Crippen molar-refractivity contribution < 1.29 is 9.53 Å². The maximum absolute atomic E-state index is 12.3. The number of carbonyl (C=O) groups is 1. The third-order valence-electron chi connectivity index (χ3n) is 3.85. The van der Waals surface area contributed by atoms with E-state index in [1.54, 1.807) is 11.1 Å². The summed E-state index contributed by atoms with van der Waals surface area (Å²) in [5, 5.41) is 2.92. The molecule has 0 aliphatic carbocycles. The van der Waals surface area contributed by atoms with E-state index in [-0.39, 0.29) is 6.03 Å². The molecule has 0 unspecified atom stereocenters. The number of ether oxygens (including phenoxy) is 1. The normalized spacial score (nSPS) is 12.8. The second-order valence-corrected chi connectivity index (χ2v) is 5.62. The van der Waals surface area contributed by atoms with E-state index in [9.17, 15) is 4.79 Å². The van der Waals surface area contributed by atoms with Crippen LogP contribution in [0.3, 0.4) is 0 Å². The van der Waals surface area contributed by atoms with E-state index in [0.29, 0.717) is 13.1 Å². The van der Waals surface area contributed by atoms with Crippen molar-refractivity contribution in [1.82, 2.24) is 9.88 Å². The number of unbranched alkanes of at least 4 members (excludes halogenated alkanes) is 1. The maximum Gasteiger partial charge on any atom is 0.322 e. The standard InChI is InChI=1S/C18H21N3O2/c1-2-3-11-23-16-8-6-15(7-9-16)20-18(22)21-12-14-5-4-10-19-17(14)13-21/h4-10H,2-3,11-13H2,1H3,(H,20,22). The third kappa shape index (κ3) is 3.80. The third-order valence-corrected chi connectivity index (χ3v) is 3.85. The van der Waals surface area contributed by atoms with E-state index in [0.717, 1.165) is 42.1 Å². The van der Waals surface area contributed by atoms with Gasteiger partial charge in [0.25, 0.3) is 0 Å². The van der Waals surface area contributed by atoms with Crippen LogP contribution in [0, 0.1) is 0 Å². The first kappa shape index (κ1) is 15.3. The predicted octanol–water partition coefficient (Wildman–Crippen LogP) is 3.81. The number of hydrogen-bond donors (Lipinski definition) is 1. The molecule has 0 saturated heterocycles. The number of hydrogen-bond acceptors (Lipinski definition) is 3. The van der Waals surface area contributed by atoms with E-state index < -0.39 is 0 Å². The van der Waals surface area contributed by atoms with E-state index in [1.165, 1.54) is 0 Å². The summed E-state index contributed by atoms with van der Waals surface area (Å²) < 4.78 is 5.62. The Hall–Kier alpha value is -2.56. The highest BCUT2D eigenvalue weighted by Crippen LogP contribution is 2.22. The lowest BCUT2D eigenvalue weighted by atomic mass is 10.2. The number of carbonyl (C=O) groups excluding carboxylic acids is 1. The Morgan fingerprint density at radius 2 is 2.09 bits per heavy atom. The Balaban J connectivity index is 1.54. The van der Waals surface area contributed by atoms with Gasteiger partial charge in [-0.3, -0.25) is 4.98 Å². The summed E-state index contributed by atoms with van der Waals surface area (Å²) in [6.07, 6.45) is 3.92. The topological polar surface area (TPSA) is 54.5 Å². The van der Waals surface area contributed by atoms with E-state index >= 15 is 0 Å². The molecule has 2 heterocycles. The molecule has 23 heavy (non-hydrogen) atoms. The van der Waals surface area contributed by atoms with Gasteiger partial charge in [-0.1, -0.05) is 19.4 Å². The van der Waals surface area contributed by atoms with Crippen molar-refractivity contribution in [3.05, 3.63) is 53.9 Å². The number of amides is 2. The van der Waals surface area contributed by atoms with Gasteiger partial charge >= 0.3 is 6.03 Å². The molecule has 0 spiro atoms. The van der Waals surface area contributed by atoms with E-state index in [4.69, 9.17) is 4.74 Å². The molecule has 0 saturated carbocycles. The van der Waals surface area contributed by atoms with E-state index in [1.807, 2.05) is 36.4 Å². The molecule has 2 amide bonds. The van der Waals surface area contributed by atoms with Gasteiger partial charge < -0.3 is 15.0 Å². The Bertz CT molecular complexity index is 645. The van der Waals surface area contributed by atoms with Crippen LogP contribution in [0.5, 0.6) is 5.75 Å². The van der Waals surface area contributed by atoms with Gasteiger partial charge in [-0.15, -0.1) is 0 Å². The van der Waals surface area contributed by atoms with Crippen molar-refractivity contribution in [3.63, 3.8) is 0 Å². The molecular formula is C18H21N3O2. The van der Waals surface area contributed by atoms with Crippen LogP contribution in [-0.2, 0) is 13.1 Å². The van der Waals surface area contributed by atoms with Gasteiger partial charge in [-0.25, -0.2) is 4.79 Å². The first-order valence-corrected chi connectivity index (χ1v) is 7.98.